The zero-order valence-electron chi connectivity index (χ0n) is 8.16. The van der Waals surface area contributed by atoms with Gasteiger partial charge in [-0.3, -0.25) is 4.68 Å². The van der Waals surface area contributed by atoms with E-state index in [0.717, 1.165) is 18.9 Å². The number of nitrogens with zero attached hydrogens (tertiary/aromatic N) is 3. The van der Waals surface area contributed by atoms with E-state index in [-0.39, 0.29) is 0 Å². The van der Waals surface area contributed by atoms with E-state index in [4.69, 9.17) is 0 Å². The lowest BCUT2D eigenvalue weighted by atomic mass is 10.4. The Balaban J connectivity index is 2.10. The zero-order chi connectivity index (χ0) is 9.52. The van der Waals surface area contributed by atoms with E-state index in [1.54, 1.807) is 11.0 Å². The van der Waals surface area contributed by atoms with Gasteiger partial charge in [0.25, 0.3) is 0 Å². The summed E-state index contributed by atoms with van der Waals surface area (Å²) in [6.45, 7) is 1.86. The first-order valence-electron chi connectivity index (χ1n) is 4.37. The van der Waals surface area contributed by atoms with Gasteiger partial charge in [0.15, 0.2) is 0 Å². The number of rotatable bonds is 6. The molecule has 0 saturated heterocycles. The van der Waals surface area contributed by atoms with E-state index in [1.807, 2.05) is 18.8 Å². The maximum Gasteiger partial charge on any atom is 0.140 e. The fourth-order valence-electron chi connectivity index (χ4n) is 1.02. The van der Waals surface area contributed by atoms with Gasteiger partial charge in [-0.05, 0) is 25.0 Å². The molecule has 1 heterocycles. The van der Waals surface area contributed by atoms with Gasteiger partial charge < -0.3 is 5.32 Å². The third-order valence-corrected chi connectivity index (χ3v) is 2.49. The molecule has 0 saturated carbocycles. The highest BCUT2D eigenvalue weighted by Crippen LogP contribution is 1.94. The van der Waals surface area contributed by atoms with Crippen LogP contribution in [0.4, 0.5) is 0 Å². The van der Waals surface area contributed by atoms with Crippen molar-refractivity contribution in [3.8, 4) is 0 Å². The Hall–Kier alpha value is -0.550. The number of aromatic nitrogens is 3. The van der Waals surface area contributed by atoms with Crippen LogP contribution in [0.2, 0.25) is 0 Å². The largest absolute Gasteiger partial charge is 0.310 e. The van der Waals surface area contributed by atoms with Gasteiger partial charge in [-0.15, -0.1) is 0 Å². The van der Waals surface area contributed by atoms with Gasteiger partial charge in [0, 0.05) is 7.05 Å². The monoisotopic (exact) mass is 200 g/mol. The summed E-state index contributed by atoms with van der Waals surface area (Å²) in [6.07, 6.45) is 4.92. The number of nitrogens with one attached hydrogen (secondary N) is 1. The van der Waals surface area contributed by atoms with Crippen LogP contribution in [0.15, 0.2) is 6.33 Å². The molecule has 4 nitrogen and oxygen atoms in total. The molecule has 1 N–H and O–H groups in total. The Morgan fingerprint density at radius 3 is 3.08 bits per heavy atom. The molecule has 0 bridgehead atoms. The number of thioether (sulfide) groups is 1. The second kappa shape index (κ2) is 5.99. The van der Waals surface area contributed by atoms with E-state index in [9.17, 15) is 0 Å². The molecule has 1 rings (SSSR count). The number of hydrogen-bond donors (Lipinski definition) is 1. The summed E-state index contributed by atoms with van der Waals surface area (Å²) < 4.78 is 1.79. The van der Waals surface area contributed by atoms with Crippen LogP contribution >= 0.6 is 11.8 Å². The predicted molar refractivity (Wildman–Crippen MR) is 55.7 cm³/mol. The minimum absolute atomic E-state index is 0.810. The molecule has 1 aromatic heterocycles. The molecule has 0 unspecified atom stereocenters. The summed E-state index contributed by atoms with van der Waals surface area (Å²) in [4.78, 5) is 4.12. The summed E-state index contributed by atoms with van der Waals surface area (Å²) in [5.74, 6) is 2.20. The molecule has 0 atom stereocenters. The molecule has 0 amide bonds. The van der Waals surface area contributed by atoms with Gasteiger partial charge in [-0.25, -0.2) is 4.98 Å². The predicted octanol–water partition coefficient (Wildman–Crippen LogP) is 0.658. The molecular weight excluding hydrogens is 184 g/mol. The van der Waals surface area contributed by atoms with Crippen LogP contribution < -0.4 is 5.32 Å². The summed E-state index contributed by atoms with van der Waals surface area (Å²) in [7, 11) is 1.91. The molecule has 0 radical (unpaired) electrons. The quantitative estimate of drug-likeness (QED) is 0.685. The molecule has 13 heavy (non-hydrogen) atoms. The highest BCUT2D eigenvalue weighted by Gasteiger charge is 1.97. The first-order chi connectivity index (χ1) is 6.34. The van der Waals surface area contributed by atoms with E-state index < -0.39 is 0 Å². The topological polar surface area (TPSA) is 42.7 Å². The second-order valence-electron chi connectivity index (χ2n) is 2.82. The molecular formula is C8H16N4S. The molecule has 5 heteroatoms. The van der Waals surface area contributed by atoms with Gasteiger partial charge >= 0.3 is 0 Å². The molecule has 0 fully saturated rings. The summed E-state index contributed by atoms with van der Waals surface area (Å²) >= 11 is 1.88. The van der Waals surface area contributed by atoms with Crippen molar-refractivity contribution in [2.45, 2.75) is 13.0 Å². The van der Waals surface area contributed by atoms with Crippen molar-refractivity contribution in [2.24, 2.45) is 7.05 Å². The Bertz CT molecular complexity index is 236. The van der Waals surface area contributed by atoms with Crippen molar-refractivity contribution in [2.75, 3.05) is 18.6 Å². The third-order valence-electron chi connectivity index (χ3n) is 1.79. The molecule has 0 spiro atoms. The van der Waals surface area contributed by atoms with Gasteiger partial charge in [-0.2, -0.15) is 16.9 Å². The van der Waals surface area contributed by atoms with Crippen LogP contribution in [0, 0.1) is 0 Å². The maximum absolute atomic E-state index is 4.12. The molecule has 0 aromatic carbocycles. The van der Waals surface area contributed by atoms with E-state index in [0.29, 0.717) is 0 Å². The van der Waals surface area contributed by atoms with Crippen molar-refractivity contribution in [1.29, 1.82) is 0 Å². The smallest absolute Gasteiger partial charge is 0.140 e. The summed E-state index contributed by atoms with van der Waals surface area (Å²) in [5.41, 5.74) is 0. The number of hydrogen-bond acceptors (Lipinski definition) is 4. The molecule has 0 aliphatic heterocycles. The molecule has 74 valence electrons. The number of aryl methyl sites for hydroxylation is 1. The first kappa shape index (κ1) is 10.5. The van der Waals surface area contributed by atoms with Crippen molar-refractivity contribution in [3.05, 3.63) is 12.2 Å². The first-order valence-corrected chi connectivity index (χ1v) is 5.76. The standard InChI is InChI=1S/C8H16N4S/c1-12-8(10-7-11-12)6-9-4-3-5-13-2/h7,9H,3-6H2,1-2H3. The van der Waals surface area contributed by atoms with Gasteiger partial charge in [0.1, 0.15) is 12.2 Å². The molecule has 1 aromatic rings. The summed E-state index contributed by atoms with van der Waals surface area (Å²) in [6, 6.07) is 0. The Labute approximate surface area is 83.1 Å². The minimum Gasteiger partial charge on any atom is -0.310 e. The van der Waals surface area contributed by atoms with Gasteiger partial charge in [0.2, 0.25) is 0 Å². The lowest BCUT2D eigenvalue weighted by Crippen LogP contribution is -2.18. The van der Waals surface area contributed by atoms with Crippen molar-refractivity contribution in [3.63, 3.8) is 0 Å². The molecule has 0 aliphatic carbocycles. The van der Waals surface area contributed by atoms with Gasteiger partial charge in [0.05, 0.1) is 6.54 Å². The summed E-state index contributed by atoms with van der Waals surface area (Å²) in [5, 5.41) is 7.32. The van der Waals surface area contributed by atoms with Crippen LogP contribution in [0.5, 0.6) is 0 Å². The molecule has 0 aliphatic rings. The van der Waals surface area contributed by atoms with Crippen LogP contribution in [-0.2, 0) is 13.6 Å². The Kier molecular flexibility index (Phi) is 4.85. The van der Waals surface area contributed by atoms with Crippen LogP contribution in [-0.4, -0.2) is 33.3 Å². The van der Waals surface area contributed by atoms with E-state index in [1.165, 1.54) is 12.2 Å². The maximum atomic E-state index is 4.12. The lowest BCUT2D eigenvalue weighted by molar-refractivity contribution is 0.610. The lowest BCUT2D eigenvalue weighted by Gasteiger charge is -2.02. The van der Waals surface area contributed by atoms with Crippen LogP contribution in [0.25, 0.3) is 0 Å². The normalized spacial score (nSPS) is 10.6. The van der Waals surface area contributed by atoms with Crippen LogP contribution in [0.1, 0.15) is 12.2 Å². The Morgan fingerprint density at radius 1 is 1.62 bits per heavy atom. The fourth-order valence-corrected chi connectivity index (χ4v) is 1.45. The highest BCUT2D eigenvalue weighted by atomic mass is 32.2. The van der Waals surface area contributed by atoms with Crippen molar-refractivity contribution >= 4 is 11.8 Å². The fraction of sp³-hybridized carbons (Fsp3) is 0.750. The van der Waals surface area contributed by atoms with E-state index >= 15 is 0 Å². The average Bonchev–Trinajstić information content (AvgIpc) is 2.52. The second-order valence-corrected chi connectivity index (χ2v) is 3.81. The zero-order valence-corrected chi connectivity index (χ0v) is 8.97. The highest BCUT2D eigenvalue weighted by molar-refractivity contribution is 7.98. The van der Waals surface area contributed by atoms with E-state index in [2.05, 4.69) is 21.7 Å². The van der Waals surface area contributed by atoms with Crippen molar-refractivity contribution < 1.29 is 0 Å². The van der Waals surface area contributed by atoms with Crippen molar-refractivity contribution in [1.82, 2.24) is 20.1 Å². The SMILES string of the molecule is CSCCCNCc1ncnn1C. The minimum atomic E-state index is 0.810. The third kappa shape index (κ3) is 3.78. The Morgan fingerprint density at radius 2 is 2.46 bits per heavy atom. The van der Waals surface area contributed by atoms with Gasteiger partial charge in [-0.1, -0.05) is 0 Å². The van der Waals surface area contributed by atoms with Crippen LogP contribution in [0.3, 0.4) is 0 Å². The average molecular weight is 200 g/mol.